The Bertz CT molecular complexity index is 864. The number of rotatable bonds is 27. The SMILES string of the molecule is CCCCCCCCCC(=O)OCCCCCCCCOc1ccc(OCCCCCO[Si](C)(C)C(C)(C)C)cc1C=O. The van der Waals surface area contributed by atoms with Gasteiger partial charge in [-0.05, 0) is 74.9 Å². The van der Waals surface area contributed by atoms with Gasteiger partial charge in [-0.2, -0.15) is 0 Å². The Morgan fingerprint density at radius 1 is 0.721 bits per heavy atom. The van der Waals surface area contributed by atoms with Crippen LogP contribution in [0.4, 0.5) is 0 Å². The highest BCUT2D eigenvalue weighted by atomic mass is 28.4. The molecule has 0 unspecified atom stereocenters. The Morgan fingerprint density at radius 2 is 1.26 bits per heavy atom. The number of aldehydes is 1. The van der Waals surface area contributed by atoms with E-state index in [1.165, 1.54) is 32.1 Å². The third kappa shape index (κ3) is 19.2. The first-order chi connectivity index (χ1) is 20.6. The molecule has 7 heteroatoms. The van der Waals surface area contributed by atoms with Gasteiger partial charge < -0.3 is 18.6 Å². The lowest BCUT2D eigenvalue weighted by Crippen LogP contribution is -2.40. The summed E-state index contributed by atoms with van der Waals surface area (Å²) in [5, 5.41) is 0.244. The highest BCUT2D eigenvalue weighted by Gasteiger charge is 2.36. The first-order valence-corrected chi connectivity index (χ1v) is 20.2. The molecular weight excluding hydrogens is 556 g/mol. The molecule has 0 N–H and O–H groups in total. The maximum atomic E-state index is 11.8. The van der Waals surface area contributed by atoms with Crippen molar-refractivity contribution in [3.05, 3.63) is 23.8 Å². The van der Waals surface area contributed by atoms with Crippen LogP contribution in [0.5, 0.6) is 11.5 Å². The van der Waals surface area contributed by atoms with Crippen molar-refractivity contribution >= 4 is 20.6 Å². The molecule has 0 fully saturated rings. The number of benzene rings is 1. The van der Waals surface area contributed by atoms with Gasteiger partial charge >= 0.3 is 5.97 Å². The van der Waals surface area contributed by atoms with Crippen molar-refractivity contribution in [1.82, 2.24) is 0 Å². The number of carbonyl (C=O) groups excluding carboxylic acids is 2. The molecule has 0 heterocycles. The van der Waals surface area contributed by atoms with E-state index in [0.717, 1.165) is 83.5 Å². The van der Waals surface area contributed by atoms with Crippen molar-refractivity contribution in [3.8, 4) is 11.5 Å². The summed E-state index contributed by atoms with van der Waals surface area (Å²) in [5.74, 6) is 1.28. The average Bonchev–Trinajstić information content (AvgIpc) is 2.96. The molecule has 0 amide bonds. The molecule has 248 valence electrons. The number of hydrogen-bond acceptors (Lipinski definition) is 6. The van der Waals surface area contributed by atoms with Crippen LogP contribution in [-0.4, -0.2) is 47.0 Å². The van der Waals surface area contributed by atoms with Crippen molar-refractivity contribution in [2.75, 3.05) is 26.4 Å². The van der Waals surface area contributed by atoms with Gasteiger partial charge in [0.1, 0.15) is 11.5 Å². The van der Waals surface area contributed by atoms with Crippen LogP contribution in [0.15, 0.2) is 18.2 Å². The topological polar surface area (TPSA) is 71.1 Å². The van der Waals surface area contributed by atoms with E-state index in [1.54, 1.807) is 6.07 Å². The van der Waals surface area contributed by atoms with Gasteiger partial charge in [-0.15, -0.1) is 0 Å². The zero-order valence-electron chi connectivity index (χ0n) is 28.6. The molecule has 0 aliphatic rings. The van der Waals surface area contributed by atoms with E-state index in [-0.39, 0.29) is 11.0 Å². The van der Waals surface area contributed by atoms with E-state index >= 15 is 0 Å². The Morgan fingerprint density at radius 3 is 1.88 bits per heavy atom. The van der Waals surface area contributed by atoms with Gasteiger partial charge in [-0.3, -0.25) is 9.59 Å². The van der Waals surface area contributed by atoms with Gasteiger partial charge in [0.2, 0.25) is 0 Å². The maximum Gasteiger partial charge on any atom is 0.305 e. The second-order valence-electron chi connectivity index (χ2n) is 13.4. The second-order valence-corrected chi connectivity index (χ2v) is 18.2. The van der Waals surface area contributed by atoms with Gasteiger partial charge in [0, 0.05) is 13.0 Å². The molecule has 0 saturated carbocycles. The summed E-state index contributed by atoms with van der Waals surface area (Å²) in [6.45, 7) is 16.2. The maximum absolute atomic E-state index is 11.8. The fourth-order valence-electron chi connectivity index (χ4n) is 4.53. The predicted molar refractivity (Wildman–Crippen MR) is 181 cm³/mol. The molecule has 0 aliphatic heterocycles. The lowest BCUT2D eigenvalue weighted by atomic mass is 10.1. The molecule has 0 radical (unpaired) electrons. The van der Waals surface area contributed by atoms with Gasteiger partial charge in [0.15, 0.2) is 14.6 Å². The number of unbranched alkanes of at least 4 members (excludes halogenated alkanes) is 13. The summed E-state index contributed by atoms with van der Waals surface area (Å²) in [4.78, 5) is 23.5. The summed E-state index contributed by atoms with van der Waals surface area (Å²) in [7, 11) is -1.67. The summed E-state index contributed by atoms with van der Waals surface area (Å²) in [6.07, 6.45) is 19.2. The highest BCUT2D eigenvalue weighted by Crippen LogP contribution is 2.36. The van der Waals surface area contributed by atoms with E-state index in [0.29, 0.717) is 43.3 Å². The molecular formula is C36H64O6Si. The number of esters is 1. The zero-order chi connectivity index (χ0) is 31.8. The van der Waals surface area contributed by atoms with Crippen molar-refractivity contribution in [2.24, 2.45) is 0 Å². The number of carbonyl (C=O) groups is 2. The van der Waals surface area contributed by atoms with Crippen molar-refractivity contribution < 1.29 is 28.2 Å². The Kier molecular flexibility index (Phi) is 21.4. The van der Waals surface area contributed by atoms with Crippen molar-refractivity contribution in [2.45, 2.75) is 155 Å². The normalized spacial score (nSPS) is 11.9. The number of ether oxygens (including phenoxy) is 3. The monoisotopic (exact) mass is 620 g/mol. The summed E-state index contributed by atoms with van der Waals surface area (Å²) in [5.41, 5.74) is 0.529. The fraction of sp³-hybridized carbons (Fsp3) is 0.778. The first kappa shape index (κ1) is 39.2. The van der Waals surface area contributed by atoms with Crippen LogP contribution in [0.2, 0.25) is 18.1 Å². The summed E-state index contributed by atoms with van der Waals surface area (Å²) >= 11 is 0. The van der Waals surface area contributed by atoms with E-state index in [1.807, 2.05) is 12.1 Å². The van der Waals surface area contributed by atoms with Crippen LogP contribution in [0, 0.1) is 0 Å². The van der Waals surface area contributed by atoms with Crippen LogP contribution in [0.1, 0.15) is 147 Å². The van der Waals surface area contributed by atoms with Crippen LogP contribution < -0.4 is 9.47 Å². The largest absolute Gasteiger partial charge is 0.494 e. The minimum absolute atomic E-state index is 0.0431. The molecule has 0 aliphatic carbocycles. The molecule has 1 aromatic rings. The molecule has 0 spiro atoms. The number of hydrogen-bond donors (Lipinski definition) is 0. The van der Waals surface area contributed by atoms with Gasteiger partial charge in [-0.1, -0.05) is 91.9 Å². The molecule has 0 aromatic heterocycles. The van der Waals surface area contributed by atoms with E-state index in [4.69, 9.17) is 18.6 Å². The summed E-state index contributed by atoms with van der Waals surface area (Å²) in [6, 6.07) is 5.48. The van der Waals surface area contributed by atoms with Crippen molar-refractivity contribution in [3.63, 3.8) is 0 Å². The molecule has 6 nitrogen and oxygen atoms in total. The Hall–Kier alpha value is -1.86. The predicted octanol–water partition coefficient (Wildman–Crippen LogP) is 10.5. The summed E-state index contributed by atoms with van der Waals surface area (Å²) < 4.78 is 23.4. The molecule has 0 atom stereocenters. The van der Waals surface area contributed by atoms with Gasteiger partial charge in [0.05, 0.1) is 25.4 Å². The third-order valence-electron chi connectivity index (χ3n) is 8.48. The smallest absolute Gasteiger partial charge is 0.305 e. The average molecular weight is 621 g/mol. The Balaban J connectivity index is 2.06. The van der Waals surface area contributed by atoms with E-state index in [9.17, 15) is 9.59 Å². The van der Waals surface area contributed by atoms with Gasteiger partial charge in [0.25, 0.3) is 0 Å². The van der Waals surface area contributed by atoms with Crippen LogP contribution in [0.3, 0.4) is 0 Å². The standard InChI is InChI=1S/C36H64O6Si/c1-7-8-9-10-11-14-18-23-35(38)41-28-20-16-13-12-15-19-27-40-34-25-24-33(30-32(34)31-37)39-26-21-17-22-29-42-43(5,6)36(2,3)4/h24-25,30-31H,7-23,26-29H2,1-6H3. The quantitative estimate of drug-likeness (QED) is 0.0422. The first-order valence-electron chi connectivity index (χ1n) is 17.2. The molecule has 1 aromatic carbocycles. The third-order valence-corrected chi connectivity index (χ3v) is 13.0. The van der Waals surface area contributed by atoms with Crippen LogP contribution in [-0.2, 0) is 14.0 Å². The minimum Gasteiger partial charge on any atom is -0.494 e. The van der Waals surface area contributed by atoms with E-state index < -0.39 is 8.32 Å². The molecule has 1 rings (SSSR count). The lowest BCUT2D eigenvalue weighted by molar-refractivity contribution is -0.143. The lowest BCUT2D eigenvalue weighted by Gasteiger charge is -2.36. The van der Waals surface area contributed by atoms with E-state index in [2.05, 4.69) is 40.8 Å². The highest BCUT2D eigenvalue weighted by molar-refractivity contribution is 6.74. The fourth-order valence-corrected chi connectivity index (χ4v) is 5.62. The Labute approximate surface area is 265 Å². The molecule has 0 bridgehead atoms. The minimum atomic E-state index is -1.67. The molecule has 43 heavy (non-hydrogen) atoms. The van der Waals surface area contributed by atoms with Gasteiger partial charge in [-0.25, -0.2) is 0 Å². The molecule has 0 saturated heterocycles. The van der Waals surface area contributed by atoms with Crippen LogP contribution in [0.25, 0.3) is 0 Å². The second kappa shape index (κ2) is 23.5. The van der Waals surface area contributed by atoms with Crippen molar-refractivity contribution in [1.29, 1.82) is 0 Å². The van der Waals surface area contributed by atoms with Crippen LogP contribution >= 0.6 is 0 Å². The zero-order valence-corrected chi connectivity index (χ0v) is 29.6.